The molecule has 0 spiro atoms. The summed E-state index contributed by atoms with van der Waals surface area (Å²) in [5.41, 5.74) is 2.20. The lowest BCUT2D eigenvalue weighted by molar-refractivity contribution is 0.0459. The lowest BCUT2D eigenvalue weighted by atomic mass is 9.77. The first-order valence-corrected chi connectivity index (χ1v) is 10.7. The molecule has 2 aliphatic rings. The number of halogens is 1. The summed E-state index contributed by atoms with van der Waals surface area (Å²) in [6.07, 6.45) is 7.83. The minimum Gasteiger partial charge on any atom is -0.472 e. The summed E-state index contributed by atoms with van der Waals surface area (Å²) in [7, 11) is 0. The Morgan fingerprint density at radius 3 is 2.70 bits per heavy atom. The topological polar surface area (TPSA) is 43.2 Å². The molecule has 2 fully saturated rings. The Morgan fingerprint density at radius 2 is 1.97 bits per heavy atom. The molecule has 1 saturated heterocycles. The maximum atomic E-state index is 13.6. The van der Waals surface area contributed by atoms with Crippen LogP contribution in [0.5, 0.6) is 5.88 Å². The zero-order chi connectivity index (χ0) is 20.5. The molecule has 0 N–H and O–H groups in total. The molecule has 4 atom stereocenters. The predicted molar refractivity (Wildman–Crippen MR) is 113 cm³/mol. The largest absolute Gasteiger partial charge is 0.472 e. The van der Waals surface area contributed by atoms with Gasteiger partial charge in [-0.05, 0) is 60.9 Å². The number of hydrogen-bond donors (Lipinski definition) is 0. The molecular formula is C24H27FN4O. The van der Waals surface area contributed by atoms with Gasteiger partial charge in [-0.2, -0.15) is 5.10 Å². The Hall–Kier alpha value is -2.73. The van der Waals surface area contributed by atoms with E-state index >= 15 is 0 Å². The minimum atomic E-state index is -0.165. The maximum absolute atomic E-state index is 13.6. The van der Waals surface area contributed by atoms with Crippen LogP contribution in [0.4, 0.5) is 4.39 Å². The van der Waals surface area contributed by atoms with Crippen LogP contribution in [0, 0.1) is 24.6 Å². The van der Waals surface area contributed by atoms with Crippen LogP contribution in [0.25, 0.3) is 0 Å². The Morgan fingerprint density at radius 1 is 1.10 bits per heavy atom. The van der Waals surface area contributed by atoms with Gasteiger partial charge in [0.2, 0.25) is 5.88 Å². The van der Waals surface area contributed by atoms with Crippen molar-refractivity contribution in [1.82, 2.24) is 19.7 Å². The third kappa shape index (κ3) is 4.10. The molecule has 1 saturated carbocycles. The van der Waals surface area contributed by atoms with Gasteiger partial charge < -0.3 is 4.74 Å². The van der Waals surface area contributed by atoms with Gasteiger partial charge in [0.15, 0.2) is 0 Å². The van der Waals surface area contributed by atoms with Gasteiger partial charge in [-0.25, -0.2) is 9.37 Å². The molecule has 30 heavy (non-hydrogen) atoms. The Balaban J connectivity index is 1.33. The molecule has 1 aliphatic heterocycles. The number of benzene rings is 1. The molecule has 0 unspecified atom stereocenters. The van der Waals surface area contributed by atoms with Crippen molar-refractivity contribution in [3.63, 3.8) is 0 Å². The zero-order valence-electron chi connectivity index (χ0n) is 17.2. The second-order valence-corrected chi connectivity index (χ2v) is 8.70. The summed E-state index contributed by atoms with van der Waals surface area (Å²) >= 11 is 0. The van der Waals surface area contributed by atoms with Crippen LogP contribution in [-0.2, 0) is 6.54 Å². The third-order valence-electron chi connectivity index (χ3n) is 6.44. The van der Waals surface area contributed by atoms with E-state index < -0.39 is 0 Å². The van der Waals surface area contributed by atoms with Crippen molar-refractivity contribution < 1.29 is 9.13 Å². The Kier molecular flexibility index (Phi) is 5.25. The van der Waals surface area contributed by atoms with Crippen LogP contribution >= 0.6 is 0 Å². The van der Waals surface area contributed by atoms with Gasteiger partial charge in [-0.1, -0.05) is 18.2 Å². The molecular weight excluding hydrogens is 379 g/mol. The van der Waals surface area contributed by atoms with E-state index in [0.717, 1.165) is 43.6 Å². The van der Waals surface area contributed by atoms with Crippen molar-refractivity contribution in [2.75, 3.05) is 13.1 Å². The van der Waals surface area contributed by atoms with Crippen molar-refractivity contribution >= 4 is 0 Å². The highest BCUT2D eigenvalue weighted by molar-refractivity contribution is 5.17. The van der Waals surface area contributed by atoms with E-state index in [1.807, 2.05) is 30.5 Å². The first kappa shape index (κ1) is 19.2. The number of aryl methyl sites for hydroxylation is 1. The summed E-state index contributed by atoms with van der Waals surface area (Å²) in [4.78, 5) is 6.83. The summed E-state index contributed by atoms with van der Waals surface area (Å²) in [6.45, 7) is 4.92. The summed E-state index contributed by atoms with van der Waals surface area (Å²) in [5, 5.41) is 4.60. The van der Waals surface area contributed by atoms with Gasteiger partial charge in [-0.15, -0.1) is 0 Å². The molecule has 1 aliphatic carbocycles. The monoisotopic (exact) mass is 406 g/mol. The van der Waals surface area contributed by atoms with Gasteiger partial charge >= 0.3 is 0 Å². The number of pyridine rings is 1. The van der Waals surface area contributed by atoms with Crippen molar-refractivity contribution in [3.05, 3.63) is 78.0 Å². The smallest absolute Gasteiger partial charge is 0.213 e. The van der Waals surface area contributed by atoms with Crippen molar-refractivity contribution in [2.45, 2.75) is 38.5 Å². The Labute approximate surface area is 176 Å². The molecule has 0 bridgehead atoms. The van der Waals surface area contributed by atoms with Crippen LogP contribution in [0.1, 0.15) is 30.0 Å². The van der Waals surface area contributed by atoms with E-state index in [2.05, 4.69) is 32.8 Å². The van der Waals surface area contributed by atoms with Gasteiger partial charge in [0.25, 0.3) is 0 Å². The highest BCUT2D eigenvalue weighted by Crippen LogP contribution is 2.42. The summed E-state index contributed by atoms with van der Waals surface area (Å²) < 4.78 is 22.0. The molecule has 0 radical (unpaired) electrons. The van der Waals surface area contributed by atoms with E-state index in [-0.39, 0.29) is 18.0 Å². The average molecular weight is 407 g/mol. The molecule has 2 aromatic heterocycles. The maximum Gasteiger partial charge on any atom is 0.213 e. The van der Waals surface area contributed by atoms with E-state index in [1.54, 1.807) is 18.3 Å². The fourth-order valence-electron chi connectivity index (χ4n) is 5.10. The molecule has 0 amide bonds. The summed E-state index contributed by atoms with van der Waals surface area (Å²) in [6, 6.07) is 12.9. The van der Waals surface area contributed by atoms with Crippen LogP contribution in [0.15, 0.2) is 61.1 Å². The normalized spacial score (nSPS) is 26.5. The number of likely N-dealkylation sites (tertiary alicyclic amines) is 1. The number of aromatic nitrogens is 3. The number of rotatable bonds is 5. The molecule has 156 valence electrons. The van der Waals surface area contributed by atoms with E-state index in [1.165, 1.54) is 6.07 Å². The van der Waals surface area contributed by atoms with Crippen LogP contribution in [0.2, 0.25) is 0 Å². The van der Waals surface area contributed by atoms with Crippen LogP contribution in [-0.4, -0.2) is 38.9 Å². The lowest BCUT2D eigenvalue weighted by Gasteiger charge is -2.37. The van der Waals surface area contributed by atoms with E-state index in [4.69, 9.17) is 4.74 Å². The zero-order valence-corrected chi connectivity index (χ0v) is 17.2. The Bertz CT molecular complexity index is 992. The third-order valence-corrected chi connectivity index (χ3v) is 6.44. The van der Waals surface area contributed by atoms with Crippen molar-refractivity contribution in [3.8, 4) is 5.88 Å². The van der Waals surface area contributed by atoms with Crippen LogP contribution < -0.4 is 4.74 Å². The van der Waals surface area contributed by atoms with Crippen molar-refractivity contribution in [1.29, 1.82) is 0 Å². The molecule has 1 aromatic carbocycles. The van der Waals surface area contributed by atoms with Gasteiger partial charge in [-0.3, -0.25) is 9.58 Å². The number of fused-ring (bicyclic) bond motifs is 1. The standard InChI is InChI=1S/C24H27FN4O/c1-17-12-27-29(13-17)22-10-19-15-28(14-18-5-4-6-21(25)9-18)16-20(19)11-23(22)30-24-7-2-3-8-26-24/h2-9,12-13,19-20,22-23H,10-11,14-16H2,1H3/t19-,20+,22-,23-/m0/s1. The van der Waals surface area contributed by atoms with Gasteiger partial charge in [0.1, 0.15) is 11.9 Å². The molecule has 3 heterocycles. The summed E-state index contributed by atoms with van der Waals surface area (Å²) in [5.74, 6) is 1.67. The number of ether oxygens (including phenoxy) is 1. The van der Waals surface area contributed by atoms with Crippen LogP contribution in [0.3, 0.4) is 0 Å². The predicted octanol–water partition coefficient (Wildman–Crippen LogP) is 4.26. The minimum absolute atomic E-state index is 0.0366. The van der Waals surface area contributed by atoms with E-state index in [0.29, 0.717) is 17.7 Å². The van der Waals surface area contributed by atoms with Crippen molar-refractivity contribution in [2.24, 2.45) is 11.8 Å². The highest BCUT2D eigenvalue weighted by atomic mass is 19.1. The quantitative estimate of drug-likeness (QED) is 0.635. The molecule has 6 heteroatoms. The first-order chi connectivity index (χ1) is 14.6. The number of hydrogen-bond acceptors (Lipinski definition) is 4. The second-order valence-electron chi connectivity index (χ2n) is 8.70. The lowest BCUT2D eigenvalue weighted by Crippen LogP contribution is -2.40. The molecule has 3 aromatic rings. The van der Waals surface area contributed by atoms with E-state index in [9.17, 15) is 4.39 Å². The van der Waals surface area contributed by atoms with Gasteiger partial charge in [0, 0.05) is 38.1 Å². The SMILES string of the molecule is Cc1cnn([C@H]2C[C@H]3CN(Cc4cccc(F)c4)C[C@H]3C[C@@H]2Oc2ccccn2)c1. The fraction of sp³-hybridized carbons (Fsp3) is 0.417. The first-order valence-electron chi connectivity index (χ1n) is 10.7. The highest BCUT2D eigenvalue weighted by Gasteiger charge is 2.44. The number of nitrogens with zero attached hydrogens (tertiary/aromatic N) is 4. The molecule has 5 rings (SSSR count). The van der Waals surface area contributed by atoms with Gasteiger partial charge in [0.05, 0.1) is 12.2 Å². The second kappa shape index (κ2) is 8.19. The molecule has 5 nitrogen and oxygen atoms in total. The fourth-order valence-corrected chi connectivity index (χ4v) is 5.10. The average Bonchev–Trinajstić information content (AvgIpc) is 3.33.